The maximum Gasteiger partial charge on any atom is 0.185 e. The fourth-order valence-electron chi connectivity index (χ4n) is 2.74. The Morgan fingerprint density at radius 3 is 2.14 bits per heavy atom. The summed E-state index contributed by atoms with van der Waals surface area (Å²) in [6.45, 7) is 15.4. The fourth-order valence-corrected chi connectivity index (χ4v) is 2.74. The van der Waals surface area contributed by atoms with Crippen molar-refractivity contribution in [3.63, 3.8) is 0 Å². The van der Waals surface area contributed by atoms with Crippen molar-refractivity contribution in [2.75, 3.05) is 0 Å². The van der Waals surface area contributed by atoms with Gasteiger partial charge in [0, 0.05) is 5.56 Å². The molecule has 2 rings (SSSR count). The van der Waals surface area contributed by atoms with Crippen LogP contribution in [-0.4, -0.2) is 18.0 Å². The SMILES string of the molecule is C=C(C)Oc1ccc(C(=O)/C=C/c2c(OC(C)C)ccc(C)c2OC(C)C)cc1. The summed E-state index contributed by atoms with van der Waals surface area (Å²) in [5.74, 6) is 2.55. The molecular formula is C25H30O4. The molecule has 154 valence electrons. The minimum absolute atomic E-state index is 0.00622. The van der Waals surface area contributed by atoms with Crippen LogP contribution in [0.25, 0.3) is 6.08 Å². The van der Waals surface area contributed by atoms with Gasteiger partial charge < -0.3 is 14.2 Å². The zero-order valence-electron chi connectivity index (χ0n) is 18.1. The van der Waals surface area contributed by atoms with Crippen LogP contribution >= 0.6 is 0 Å². The van der Waals surface area contributed by atoms with Gasteiger partial charge in [-0.2, -0.15) is 0 Å². The topological polar surface area (TPSA) is 44.8 Å². The van der Waals surface area contributed by atoms with Crippen molar-refractivity contribution < 1.29 is 19.0 Å². The first kappa shape index (κ1) is 22.3. The van der Waals surface area contributed by atoms with Gasteiger partial charge in [-0.25, -0.2) is 0 Å². The highest BCUT2D eigenvalue weighted by atomic mass is 16.5. The molecule has 0 bridgehead atoms. The number of ketones is 1. The van der Waals surface area contributed by atoms with Crippen molar-refractivity contribution in [1.82, 2.24) is 0 Å². The Bertz CT molecular complexity index is 890. The molecule has 2 aromatic carbocycles. The summed E-state index contributed by atoms with van der Waals surface area (Å²) in [6, 6.07) is 10.9. The molecule has 0 aliphatic carbocycles. The maximum atomic E-state index is 12.7. The van der Waals surface area contributed by atoms with Crippen LogP contribution in [0.15, 0.2) is 54.8 Å². The van der Waals surface area contributed by atoms with Gasteiger partial charge in [0.1, 0.15) is 17.2 Å². The molecule has 0 atom stereocenters. The highest BCUT2D eigenvalue weighted by molar-refractivity contribution is 6.07. The lowest BCUT2D eigenvalue weighted by atomic mass is 10.0. The summed E-state index contributed by atoms with van der Waals surface area (Å²) in [5.41, 5.74) is 2.33. The predicted octanol–water partition coefficient (Wildman–Crippen LogP) is 6.38. The summed E-state index contributed by atoms with van der Waals surface area (Å²) in [4.78, 5) is 12.7. The quantitative estimate of drug-likeness (QED) is 0.281. The van der Waals surface area contributed by atoms with Crippen molar-refractivity contribution in [2.24, 2.45) is 0 Å². The van der Waals surface area contributed by atoms with Gasteiger partial charge in [-0.1, -0.05) is 12.6 Å². The number of benzene rings is 2. The average molecular weight is 395 g/mol. The lowest BCUT2D eigenvalue weighted by Gasteiger charge is -2.19. The molecule has 4 heteroatoms. The Morgan fingerprint density at radius 2 is 1.59 bits per heavy atom. The van der Waals surface area contributed by atoms with Gasteiger partial charge in [0.05, 0.1) is 23.5 Å². The number of carbonyl (C=O) groups excluding carboxylic acids is 1. The summed E-state index contributed by atoms with van der Waals surface area (Å²) >= 11 is 0. The molecule has 0 saturated carbocycles. The predicted molar refractivity (Wildman–Crippen MR) is 118 cm³/mol. The van der Waals surface area contributed by atoms with E-state index in [1.54, 1.807) is 43.3 Å². The van der Waals surface area contributed by atoms with Crippen LogP contribution in [0.3, 0.4) is 0 Å². The molecule has 0 radical (unpaired) electrons. The molecule has 0 aromatic heterocycles. The first-order valence-electron chi connectivity index (χ1n) is 9.80. The Hall–Kier alpha value is -3.01. The smallest absolute Gasteiger partial charge is 0.185 e. The van der Waals surface area contributed by atoms with Gasteiger partial charge >= 0.3 is 0 Å². The van der Waals surface area contributed by atoms with E-state index in [1.807, 2.05) is 46.8 Å². The molecular weight excluding hydrogens is 364 g/mol. The first-order valence-corrected chi connectivity index (χ1v) is 9.80. The van der Waals surface area contributed by atoms with Crippen LogP contribution in [0.5, 0.6) is 17.2 Å². The number of allylic oxidation sites excluding steroid dienone is 2. The molecule has 0 heterocycles. The first-order chi connectivity index (χ1) is 13.7. The number of hydrogen-bond donors (Lipinski definition) is 0. The van der Waals surface area contributed by atoms with Crippen LogP contribution in [-0.2, 0) is 0 Å². The van der Waals surface area contributed by atoms with E-state index in [2.05, 4.69) is 6.58 Å². The second-order valence-electron chi connectivity index (χ2n) is 7.48. The van der Waals surface area contributed by atoms with Crippen LogP contribution in [0, 0.1) is 6.92 Å². The second-order valence-corrected chi connectivity index (χ2v) is 7.48. The summed E-state index contributed by atoms with van der Waals surface area (Å²) in [5, 5.41) is 0. The minimum Gasteiger partial charge on any atom is -0.490 e. The number of rotatable bonds is 9. The number of hydrogen-bond acceptors (Lipinski definition) is 4. The number of carbonyl (C=O) groups is 1. The van der Waals surface area contributed by atoms with Gasteiger partial charge in [0.25, 0.3) is 0 Å². The zero-order chi connectivity index (χ0) is 21.6. The summed E-state index contributed by atoms with van der Waals surface area (Å²) < 4.78 is 17.4. The highest BCUT2D eigenvalue weighted by Gasteiger charge is 2.15. The Morgan fingerprint density at radius 1 is 0.966 bits per heavy atom. The molecule has 0 aliphatic heterocycles. The van der Waals surface area contributed by atoms with Gasteiger partial charge in [-0.05, 0) is 89.6 Å². The van der Waals surface area contributed by atoms with Crippen molar-refractivity contribution >= 4 is 11.9 Å². The van der Waals surface area contributed by atoms with Crippen LogP contribution in [0.4, 0.5) is 0 Å². The third-order valence-corrected chi connectivity index (χ3v) is 3.90. The van der Waals surface area contributed by atoms with Crippen molar-refractivity contribution in [2.45, 2.75) is 53.8 Å². The van der Waals surface area contributed by atoms with Crippen LogP contribution in [0.1, 0.15) is 56.1 Å². The van der Waals surface area contributed by atoms with Crippen molar-refractivity contribution in [1.29, 1.82) is 0 Å². The molecule has 0 N–H and O–H groups in total. The fraction of sp³-hybridized carbons (Fsp3) is 0.320. The summed E-state index contributed by atoms with van der Waals surface area (Å²) in [7, 11) is 0. The second kappa shape index (κ2) is 9.97. The van der Waals surface area contributed by atoms with Crippen molar-refractivity contribution in [3.8, 4) is 17.2 Å². The van der Waals surface area contributed by atoms with E-state index in [0.717, 1.165) is 16.9 Å². The van der Waals surface area contributed by atoms with Gasteiger partial charge in [-0.3, -0.25) is 4.79 Å². The maximum absolute atomic E-state index is 12.7. The third-order valence-electron chi connectivity index (χ3n) is 3.90. The van der Waals surface area contributed by atoms with E-state index in [4.69, 9.17) is 14.2 Å². The molecule has 0 unspecified atom stereocenters. The van der Waals surface area contributed by atoms with Gasteiger partial charge in [-0.15, -0.1) is 0 Å². The standard InChI is InChI=1S/C25H30O4/c1-16(2)27-21-11-9-20(10-12-21)23(26)14-13-22-24(28-17(3)4)15-8-19(7)25(22)29-18(5)6/h8-15,17-18H,1H2,2-7H3/b14-13+. The zero-order valence-corrected chi connectivity index (χ0v) is 18.1. The van der Waals surface area contributed by atoms with E-state index < -0.39 is 0 Å². The van der Waals surface area contributed by atoms with Crippen molar-refractivity contribution in [3.05, 3.63) is 71.5 Å². The summed E-state index contributed by atoms with van der Waals surface area (Å²) in [6.07, 6.45) is 3.33. The third kappa shape index (κ3) is 6.53. The molecule has 0 fully saturated rings. The van der Waals surface area contributed by atoms with E-state index in [9.17, 15) is 4.79 Å². The average Bonchev–Trinajstić information content (AvgIpc) is 2.63. The molecule has 0 spiro atoms. The largest absolute Gasteiger partial charge is 0.490 e. The van der Waals surface area contributed by atoms with Crippen LogP contribution in [0.2, 0.25) is 0 Å². The molecule has 29 heavy (non-hydrogen) atoms. The lowest BCUT2D eigenvalue weighted by molar-refractivity contribution is 0.104. The highest BCUT2D eigenvalue weighted by Crippen LogP contribution is 2.35. The Labute approximate surface area is 173 Å². The van der Waals surface area contributed by atoms with E-state index in [-0.39, 0.29) is 18.0 Å². The molecule has 0 aliphatic rings. The van der Waals surface area contributed by atoms with Gasteiger partial charge in [0.15, 0.2) is 5.78 Å². The molecule has 2 aromatic rings. The Kier molecular flexibility index (Phi) is 7.66. The minimum atomic E-state index is -0.112. The van der Waals surface area contributed by atoms with E-state index in [0.29, 0.717) is 22.8 Å². The molecule has 0 saturated heterocycles. The molecule has 4 nitrogen and oxygen atoms in total. The normalized spacial score (nSPS) is 11.2. The van der Waals surface area contributed by atoms with E-state index >= 15 is 0 Å². The lowest BCUT2D eigenvalue weighted by Crippen LogP contribution is -2.11. The molecule has 0 amide bonds. The number of ether oxygens (including phenoxy) is 3. The Balaban J connectivity index is 2.34. The van der Waals surface area contributed by atoms with Crippen LogP contribution < -0.4 is 14.2 Å². The van der Waals surface area contributed by atoms with Gasteiger partial charge in [0.2, 0.25) is 0 Å². The monoisotopic (exact) mass is 394 g/mol. The van der Waals surface area contributed by atoms with E-state index in [1.165, 1.54) is 0 Å². The number of aryl methyl sites for hydroxylation is 1.